The van der Waals surface area contributed by atoms with Crippen molar-refractivity contribution in [3.63, 3.8) is 0 Å². The van der Waals surface area contributed by atoms with E-state index in [1.165, 1.54) is 44.9 Å². The zero-order valence-corrected chi connectivity index (χ0v) is 13.6. The van der Waals surface area contributed by atoms with E-state index in [9.17, 15) is 0 Å². The van der Waals surface area contributed by atoms with E-state index in [0.29, 0.717) is 0 Å². The zero-order valence-electron chi connectivity index (χ0n) is 12.0. The number of rotatable bonds is 11. The third-order valence-electron chi connectivity index (χ3n) is 3.20. The summed E-state index contributed by atoms with van der Waals surface area (Å²) in [6.45, 7) is 3.07. The molecule has 0 saturated carbocycles. The summed E-state index contributed by atoms with van der Waals surface area (Å²) in [5.74, 6) is 0.882. The Morgan fingerprint density at radius 2 is 1.68 bits per heavy atom. The molecule has 0 atom stereocenters. The Morgan fingerprint density at radius 3 is 2.26 bits per heavy atom. The molecular formula is C16H26BrNO. The first kappa shape index (κ1) is 16.5. The van der Waals surface area contributed by atoms with Crippen LogP contribution in [-0.2, 0) is 5.33 Å². The summed E-state index contributed by atoms with van der Waals surface area (Å²) in [5, 5.41) is 0.797. The van der Waals surface area contributed by atoms with Gasteiger partial charge in [0.15, 0.2) is 0 Å². The smallest absolute Gasteiger partial charge is 0.137 e. The van der Waals surface area contributed by atoms with E-state index in [-0.39, 0.29) is 0 Å². The molecule has 0 amide bonds. The maximum absolute atomic E-state index is 5.67. The van der Waals surface area contributed by atoms with Crippen molar-refractivity contribution in [3.8, 4) is 5.75 Å². The average molecular weight is 328 g/mol. The molecule has 0 bridgehead atoms. The molecule has 1 heterocycles. The van der Waals surface area contributed by atoms with Gasteiger partial charge in [0.05, 0.1) is 18.5 Å². The first-order valence-corrected chi connectivity index (χ1v) is 8.62. The quantitative estimate of drug-likeness (QED) is 0.395. The second-order valence-corrected chi connectivity index (χ2v) is 5.50. The predicted molar refractivity (Wildman–Crippen MR) is 85.0 cm³/mol. The van der Waals surface area contributed by atoms with E-state index in [2.05, 4.69) is 27.8 Å². The van der Waals surface area contributed by atoms with Crippen LogP contribution in [0.5, 0.6) is 5.75 Å². The SMILES string of the molecule is CCCCCCCCCCOc1ccc(CBr)nc1. The van der Waals surface area contributed by atoms with Crippen LogP contribution in [-0.4, -0.2) is 11.6 Å². The lowest BCUT2D eigenvalue weighted by Crippen LogP contribution is -1.98. The molecule has 0 saturated heterocycles. The lowest BCUT2D eigenvalue weighted by atomic mass is 10.1. The highest BCUT2D eigenvalue weighted by Gasteiger charge is 1.96. The molecule has 2 nitrogen and oxygen atoms in total. The summed E-state index contributed by atoms with van der Waals surface area (Å²) in [6, 6.07) is 3.99. The Hall–Kier alpha value is -0.570. The summed E-state index contributed by atoms with van der Waals surface area (Å²) in [6.07, 6.45) is 12.5. The summed E-state index contributed by atoms with van der Waals surface area (Å²) in [7, 11) is 0. The summed E-state index contributed by atoms with van der Waals surface area (Å²) < 4.78 is 5.67. The lowest BCUT2D eigenvalue weighted by Gasteiger charge is -2.06. The van der Waals surface area contributed by atoms with Gasteiger partial charge in [-0.2, -0.15) is 0 Å². The van der Waals surface area contributed by atoms with Crippen molar-refractivity contribution in [1.29, 1.82) is 0 Å². The standard InChI is InChI=1S/C16H26BrNO/c1-2-3-4-5-6-7-8-9-12-19-16-11-10-15(13-17)18-14-16/h10-11,14H,2-9,12-13H2,1H3. The number of alkyl halides is 1. The Bertz CT molecular complexity index is 313. The molecule has 108 valence electrons. The fraction of sp³-hybridized carbons (Fsp3) is 0.688. The van der Waals surface area contributed by atoms with Gasteiger partial charge in [0.2, 0.25) is 0 Å². The Balaban J connectivity index is 1.95. The molecule has 0 aromatic carbocycles. The number of hydrogen-bond donors (Lipinski definition) is 0. The monoisotopic (exact) mass is 327 g/mol. The van der Waals surface area contributed by atoms with Crippen molar-refractivity contribution < 1.29 is 4.74 Å². The van der Waals surface area contributed by atoms with Gasteiger partial charge in [0, 0.05) is 5.33 Å². The first-order chi connectivity index (χ1) is 9.36. The molecule has 1 aromatic heterocycles. The minimum atomic E-state index is 0.797. The van der Waals surface area contributed by atoms with Gasteiger partial charge in [0.25, 0.3) is 0 Å². The molecule has 0 aliphatic heterocycles. The number of hydrogen-bond acceptors (Lipinski definition) is 2. The van der Waals surface area contributed by atoms with Gasteiger partial charge >= 0.3 is 0 Å². The normalized spacial score (nSPS) is 10.6. The minimum absolute atomic E-state index is 0.797. The van der Waals surface area contributed by atoms with Crippen molar-refractivity contribution in [2.24, 2.45) is 0 Å². The molecule has 0 fully saturated rings. The van der Waals surface area contributed by atoms with Crippen molar-refractivity contribution >= 4 is 15.9 Å². The van der Waals surface area contributed by atoms with E-state index in [0.717, 1.165) is 29.8 Å². The van der Waals surface area contributed by atoms with E-state index >= 15 is 0 Å². The number of pyridine rings is 1. The fourth-order valence-corrected chi connectivity index (χ4v) is 2.33. The van der Waals surface area contributed by atoms with Crippen LogP contribution in [0.1, 0.15) is 64.0 Å². The molecule has 0 unspecified atom stereocenters. The van der Waals surface area contributed by atoms with E-state index in [1.54, 1.807) is 6.20 Å². The molecule has 0 radical (unpaired) electrons. The number of unbranched alkanes of at least 4 members (excludes halogenated alkanes) is 7. The summed E-state index contributed by atoms with van der Waals surface area (Å²) in [4.78, 5) is 4.28. The Morgan fingerprint density at radius 1 is 1.00 bits per heavy atom. The lowest BCUT2D eigenvalue weighted by molar-refractivity contribution is 0.303. The van der Waals surface area contributed by atoms with Gasteiger partial charge in [-0.05, 0) is 18.6 Å². The van der Waals surface area contributed by atoms with Crippen LogP contribution in [0.3, 0.4) is 0 Å². The van der Waals surface area contributed by atoms with Crippen LogP contribution >= 0.6 is 15.9 Å². The van der Waals surface area contributed by atoms with Crippen LogP contribution < -0.4 is 4.74 Å². The predicted octanol–water partition coefficient (Wildman–Crippen LogP) is 5.50. The molecule has 0 aliphatic carbocycles. The van der Waals surface area contributed by atoms with Gasteiger partial charge < -0.3 is 4.74 Å². The second-order valence-electron chi connectivity index (χ2n) is 4.94. The van der Waals surface area contributed by atoms with Crippen molar-refractivity contribution in [2.45, 2.75) is 63.6 Å². The Kier molecular flexibility index (Phi) is 9.78. The van der Waals surface area contributed by atoms with Gasteiger partial charge in [-0.3, -0.25) is 4.98 Å². The van der Waals surface area contributed by atoms with Crippen LogP contribution in [0, 0.1) is 0 Å². The maximum atomic E-state index is 5.67. The molecule has 19 heavy (non-hydrogen) atoms. The molecule has 1 rings (SSSR count). The molecule has 0 N–H and O–H groups in total. The van der Waals surface area contributed by atoms with Crippen molar-refractivity contribution in [3.05, 3.63) is 24.0 Å². The third kappa shape index (κ3) is 8.25. The highest BCUT2D eigenvalue weighted by molar-refractivity contribution is 9.08. The summed E-state index contributed by atoms with van der Waals surface area (Å²) >= 11 is 3.38. The number of halogens is 1. The highest BCUT2D eigenvalue weighted by atomic mass is 79.9. The van der Waals surface area contributed by atoms with Crippen LogP contribution in [0.25, 0.3) is 0 Å². The van der Waals surface area contributed by atoms with Crippen LogP contribution in [0.2, 0.25) is 0 Å². The molecule has 0 spiro atoms. The van der Waals surface area contributed by atoms with Crippen LogP contribution in [0.15, 0.2) is 18.3 Å². The van der Waals surface area contributed by atoms with E-state index in [1.807, 2.05) is 12.1 Å². The Labute approximate surface area is 126 Å². The summed E-state index contributed by atoms with van der Waals surface area (Å²) in [5.41, 5.74) is 1.04. The second kappa shape index (κ2) is 11.3. The van der Waals surface area contributed by atoms with E-state index in [4.69, 9.17) is 4.74 Å². The molecule has 3 heteroatoms. The van der Waals surface area contributed by atoms with E-state index < -0.39 is 0 Å². The minimum Gasteiger partial charge on any atom is -0.492 e. The maximum Gasteiger partial charge on any atom is 0.137 e. The third-order valence-corrected chi connectivity index (χ3v) is 3.78. The average Bonchev–Trinajstić information content (AvgIpc) is 2.46. The number of ether oxygens (including phenoxy) is 1. The van der Waals surface area contributed by atoms with Gasteiger partial charge in [0.1, 0.15) is 5.75 Å². The number of aromatic nitrogens is 1. The molecule has 1 aromatic rings. The van der Waals surface area contributed by atoms with Crippen LogP contribution in [0.4, 0.5) is 0 Å². The first-order valence-electron chi connectivity index (χ1n) is 7.50. The van der Waals surface area contributed by atoms with Gasteiger partial charge in [-0.1, -0.05) is 67.8 Å². The van der Waals surface area contributed by atoms with Gasteiger partial charge in [-0.25, -0.2) is 0 Å². The fourth-order valence-electron chi connectivity index (χ4n) is 2.00. The topological polar surface area (TPSA) is 22.1 Å². The molecule has 0 aliphatic rings. The largest absolute Gasteiger partial charge is 0.492 e. The van der Waals surface area contributed by atoms with Crippen molar-refractivity contribution in [2.75, 3.05) is 6.61 Å². The van der Waals surface area contributed by atoms with Gasteiger partial charge in [-0.15, -0.1) is 0 Å². The molecular weight excluding hydrogens is 302 g/mol. The van der Waals surface area contributed by atoms with Crippen molar-refractivity contribution in [1.82, 2.24) is 4.98 Å². The highest BCUT2D eigenvalue weighted by Crippen LogP contribution is 2.12. The number of nitrogens with zero attached hydrogens (tertiary/aromatic N) is 1. The zero-order chi connectivity index (χ0) is 13.8.